The number of carboxylic acids is 1. The highest BCUT2D eigenvalue weighted by atomic mass is 79.9. The highest BCUT2D eigenvalue weighted by molar-refractivity contribution is 9.10. The summed E-state index contributed by atoms with van der Waals surface area (Å²) in [6, 6.07) is 0.443. The van der Waals surface area contributed by atoms with Gasteiger partial charge in [0.2, 0.25) is 6.08 Å². The maximum absolute atomic E-state index is 13.0. The van der Waals surface area contributed by atoms with Crippen LogP contribution >= 0.6 is 15.9 Å². The highest BCUT2D eigenvalue weighted by Crippen LogP contribution is 2.33. The smallest absolute Gasteiger partial charge is 0.338 e. The number of isocyanates is 1. The summed E-state index contributed by atoms with van der Waals surface area (Å²) in [5, 5.41) is 8.63. The lowest BCUT2D eigenvalue weighted by Crippen LogP contribution is -2.00. The number of aromatic carboxylic acids is 1. The Kier molecular flexibility index (Phi) is 3.28. The number of aliphatic imine (C=N–C) groups is 1. The first-order valence-electron chi connectivity index (χ1n) is 3.47. The number of benzene rings is 1. The van der Waals surface area contributed by atoms with Gasteiger partial charge in [0.25, 0.3) is 0 Å². The molecule has 0 aliphatic carbocycles. The molecule has 0 aromatic heterocycles. The zero-order chi connectivity index (χ0) is 11.6. The van der Waals surface area contributed by atoms with Crippen LogP contribution in [0.1, 0.15) is 10.4 Å². The maximum atomic E-state index is 13.0. The van der Waals surface area contributed by atoms with Gasteiger partial charge in [0.1, 0.15) is 5.69 Å². The zero-order valence-corrected chi connectivity index (χ0v) is 8.51. The third kappa shape index (κ3) is 2.08. The largest absolute Gasteiger partial charge is 0.478 e. The van der Waals surface area contributed by atoms with Crippen molar-refractivity contribution >= 4 is 33.7 Å². The number of carbonyl (C=O) groups excluding carboxylic acids is 1. The van der Waals surface area contributed by atoms with Crippen molar-refractivity contribution in [1.29, 1.82) is 0 Å². The molecular formula is C8H2BrF2NO3. The fourth-order valence-corrected chi connectivity index (χ4v) is 1.40. The molecule has 1 aromatic carbocycles. The molecule has 0 bridgehead atoms. The molecule has 0 fully saturated rings. The van der Waals surface area contributed by atoms with Gasteiger partial charge in [-0.15, -0.1) is 0 Å². The number of carboxylic acid groups (broad SMARTS) is 1. The standard InChI is InChI=1S/C8H2BrF2NO3/c9-5-6(11)4(10)1-3(8(14)15)7(5)12-2-13/h1H,(H,14,15). The van der Waals surface area contributed by atoms with Gasteiger partial charge in [-0.25, -0.2) is 18.4 Å². The van der Waals surface area contributed by atoms with Crippen LogP contribution in [0, 0.1) is 11.6 Å². The van der Waals surface area contributed by atoms with Crippen LogP contribution in [0.3, 0.4) is 0 Å². The minimum absolute atomic E-state index is 0.443. The van der Waals surface area contributed by atoms with Gasteiger partial charge in [0.15, 0.2) is 11.6 Å². The van der Waals surface area contributed by atoms with Crippen molar-refractivity contribution in [2.24, 2.45) is 4.99 Å². The van der Waals surface area contributed by atoms with E-state index < -0.39 is 33.3 Å². The Hall–Kier alpha value is -1.59. The van der Waals surface area contributed by atoms with Crippen molar-refractivity contribution in [3.05, 3.63) is 27.7 Å². The molecular weight excluding hydrogens is 276 g/mol. The molecule has 1 aromatic rings. The van der Waals surface area contributed by atoms with Crippen molar-refractivity contribution in [3.63, 3.8) is 0 Å². The predicted octanol–water partition coefficient (Wildman–Crippen LogP) is 2.39. The molecule has 0 aliphatic heterocycles. The molecule has 15 heavy (non-hydrogen) atoms. The van der Waals surface area contributed by atoms with Crippen LogP contribution in [-0.2, 0) is 4.79 Å². The lowest BCUT2D eigenvalue weighted by Gasteiger charge is -2.03. The van der Waals surface area contributed by atoms with Crippen molar-refractivity contribution in [2.75, 3.05) is 0 Å². The number of hydrogen-bond donors (Lipinski definition) is 1. The lowest BCUT2D eigenvalue weighted by atomic mass is 10.1. The fourth-order valence-electron chi connectivity index (χ4n) is 0.903. The fraction of sp³-hybridized carbons (Fsp3) is 0. The summed E-state index contributed by atoms with van der Waals surface area (Å²) in [4.78, 5) is 23.6. The minimum atomic E-state index is -1.52. The maximum Gasteiger partial charge on any atom is 0.338 e. The number of nitrogens with zero attached hydrogens (tertiary/aromatic N) is 1. The van der Waals surface area contributed by atoms with Crippen LogP contribution < -0.4 is 0 Å². The normalized spacial score (nSPS) is 9.53. The molecule has 0 radical (unpaired) electrons. The minimum Gasteiger partial charge on any atom is -0.478 e. The van der Waals surface area contributed by atoms with Crippen LogP contribution in [0.25, 0.3) is 0 Å². The van der Waals surface area contributed by atoms with E-state index >= 15 is 0 Å². The monoisotopic (exact) mass is 277 g/mol. The van der Waals surface area contributed by atoms with E-state index in [0.29, 0.717) is 6.07 Å². The second-order valence-electron chi connectivity index (χ2n) is 2.39. The quantitative estimate of drug-likeness (QED) is 0.513. The van der Waals surface area contributed by atoms with Crippen LogP contribution in [0.15, 0.2) is 15.5 Å². The molecule has 7 heteroatoms. The van der Waals surface area contributed by atoms with Gasteiger partial charge in [0, 0.05) is 0 Å². The SMILES string of the molecule is O=C=Nc1c(C(=O)O)cc(F)c(F)c1Br. The first-order valence-corrected chi connectivity index (χ1v) is 4.27. The molecule has 0 saturated heterocycles. The molecule has 0 aliphatic rings. The topological polar surface area (TPSA) is 66.7 Å². The Morgan fingerprint density at radius 1 is 1.53 bits per heavy atom. The molecule has 0 atom stereocenters. The van der Waals surface area contributed by atoms with Gasteiger partial charge in [-0.05, 0) is 22.0 Å². The Labute approximate surface area is 90.4 Å². The molecule has 0 amide bonds. The molecule has 78 valence electrons. The molecule has 1 rings (SSSR count). The average Bonchev–Trinajstić information content (AvgIpc) is 2.18. The van der Waals surface area contributed by atoms with Crippen molar-refractivity contribution in [3.8, 4) is 0 Å². The first-order chi connectivity index (χ1) is 6.99. The van der Waals surface area contributed by atoms with E-state index in [9.17, 15) is 18.4 Å². The summed E-state index contributed by atoms with van der Waals surface area (Å²) < 4.78 is 25.2. The van der Waals surface area contributed by atoms with E-state index in [1.807, 2.05) is 0 Å². The van der Waals surface area contributed by atoms with Crippen LogP contribution in [-0.4, -0.2) is 17.2 Å². The summed E-state index contributed by atoms with van der Waals surface area (Å²) in [6.07, 6.45) is 1.06. The Bertz CT molecular complexity index is 483. The predicted molar refractivity (Wildman–Crippen MR) is 48.8 cm³/mol. The van der Waals surface area contributed by atoms with Gasteiger partial charge in [0.05, 0.1) is 10.0 Å². The third-order valence-corrected chi connectivity index (χ3v) is 2.25. The van der Waals surface area contributed by atoms with E-state index in [0.717, 1.165) is 6.08 Å². The average molecular weight is 278 g/mol. The second-order valence-corrected chi connectivity index (χ2v) is 3.18. The summed E-state index contributed by atoms with van der Waals surface area (Å²) >= 11 is 2.60. The number of hydrogen-bond acceptors (Lipinski definition) is 3. The summed E-state index contributed by atoms with van der Waals surface area (Å²) in [7, 11) is 0. The van der Waals surface area contributed by atoms with Gasteiger partial charge < -0.3 is 5.11 Å². The highest BCUT2D eigenvalue weighted by Gasteiger charge is 2.20. The summed E-state index contributed by atoms with van der Waals surface area (Å²) in [6.45, 7) is 0. The Morgan fingerprint density at radius 2 is 2.13 bits per heavy atom. The number of carbonyl (C=O) groups is 1. The molecule has 0 spiro atoms. The number of rotatable bonds is 2. The second kappa shape index (κ2) is 4.29. The van der Waals surface area contributed by atoms with E-state index in [1.54, 1.807) is 0 Å². The van der Waals surface area contributed by atoms with Gasteiger partial charge >= 0.3 is 5.97 Å². The van der Waals surface area contributed by atoms with E-state index in [2.05, 4.69) is 20.9 Å². The molecule has 0 heterocycles. The molecule has 1 N–H and O–H groups in total. The first kappa shape index (κ1) is 11.5. The van der Waals surface area contributed by atoms with Crippen molar-refractivity contribution < 1.29 is 23.5 Å². The number of halogens is 3. The van der Waals surface area contributed by atoms with E-state index in [1.165, 1.54) is 0 Å². The Balaban J connectivity index is 3.64. The van der Waals surface area contributed by atoms with Gasteiger partial charge in [-0.2, -0.15) is 4.99 Å². The van der Waals surface area contributed by atoms with Crippen LogP contribution in [0.5, 0.6) is 0 Å². The molecule has 0 saturated carbocycles. The van der Waals surface area contributed by atoms with Crippen LogP contribution in [0.4, 0.5) is 14.5 Å². The van der Waals surface area contributed by atoms with E-state index in [4.69, 9.17) is 5.11 Å². The summed E-state index contributed by atoms with van der Waals surface area (Å²) in [5.41, 5.74) is -1.12. The van der Waals surface area contributed by atoms with Crippen molar-refractivity contribution in [2.45, 2.75) is 0 Å². The molecule has 4 nitrogen and oxygen atoms in total. The van der Waals surface area contributed by atoms with Gasteiger partial charge in [-0.3, -0.25) is 0 Å². The Morgan fingerprint density at radius 3 is 2.60 bits per heavy atom. The summed E-state index contributed by atoms with van der Waals surface area (Å²) in [5.74, 6) is -4.18. The third-order valence-electron chi connectivity index (χ3n) is 1.52. The van der Waals surface area contributed by atoms with Crippen LogP contribution in [0.2, 0.25) is 0 Å². The van der Waals surface area contributed by atoms with E-state index in [-0.39, 0.29) is 0 Å². The van der Waals surface area contributed by atoms with Crippen molar-refractivity contribution in [1.82, 2.24) is 0 Å². The lowest BCUT2D eigenvalue weighted by molar-refractivity contribution is 0.0697. The van der Waals surface area contributed by atoms with Gasteiger partial charge in [-0.1, -0.05) is 0 Å². The molecule has 0 unspecified atom stereocenters. The zero-order valence-electron chi connectivity index (χ0n) is 6.92.